The number of nitrogens with one attached hydrogen (secondary N) is 2. The smallest absolute Gasteiger partial charge is 0.247 e. The molecule has 100 valence electrons. The van der Waals surface area contributed by atoms with Crippen molar-refractivity contribution in [1.29, 1.82) is 0 Å². The lowest BCUT2D eigenvalue weighted by Crippen LogP contribution is -2.21. The molecule has 1 fully saturated rings. The fourth-order valence-corrected chi connectivity index (χ4v) is 2.41. The molecule has 5 heteroatoms. The summed E-state index contributed by atoms with van der Waals surface area (Å²) in [5.74, 6) is 0.560. The minimum absolute atomic E-state index is 0.559. The summed E-state index contributed by atoms with van der Waals surface area (Å²) in [6, 6.07) is 8.70. The lowest BCUT2D eigenvalue weighted by Gasteiger charge is -2.17. The third kappa shape index (κ3) is 3.12. The Labute approximate surface area is 112 Å². The number of aromatic nitrogens is 2. The van der Waals surface area contributed by atoms with Crippen LogP contribution in [-0.2, 0) is 0 Å². The van der Waals surface area contributed by atoms with E-state index in [4.69, 9.17) is 4.42 Å². The van der Waals surface area contributed by atoms with Crippen molar-refractivity contribution in [3.63, 3.8) is 0 Å². The van der Waals surface area contributed by atoms with Crippen LogP contribution < -0.4 is 10.6 Å². The topological polar surface area (TPSA) is 63.0 Å². The molecule has 1 aromatic heterocycles. The highest BCUT2D eigenvalue weighted by Crippen LogP contribution is 2.20. The second-order valence-corrected chi connectivity index (χ2v) is 4.84. The summed E-state index contributed by atoms with van der Waals surface area (Å²) in [6.07, 6.45) is 4.97. The molecule has 0 radical (unpaired) electrons. The van der Waals surface area contributed by atoms with Gasteiger partial charge in [-0.05, 0) is 56.6 Å². The molecule has 1 aromatic carbocycles. The van der Waals surface area contributed by atoms with Crippen molar-refractivity contribution in [1.82, 2.24) is 15.5 Å². The van der Waals surface area contributed by atoms with Crippen LogP contribution in [0.15, 0.2) is 35.1 Å². The van der Waals surface area contributed by atoms with E-state index in [2.05, 4.69) is 33.0 Å². The summed E-state index contributed by atoms with van der Waals surface area (Å²) in [7, 11) is 0. The molecule has 0 saturated carbocycles. The Bertz CT molecular complexity index is 487. The SMILES string of the molecule is c1nnc(-c2ccc(NC3CCCNCC3)cc2)o1. The molecule has 0 bridgehead atoms. The third-order valence-corrected chi connectivity index (χ3v) is 3.44. The van der Waals surface area contributed by atoms with Crippen LogP contribution in [0.1, 0.15) is 19.3 Å². The monoisotopic (exact) mass is 258 g/mol. The number of hydrogen-bond acceptors (Lipinski definition) is 5. The summed E-state index contributed by atoms with van der Waals surface area (Å²) in [6.45, 7) is 2.23. The summed E-state index contributed by atoms with van der Waals surface area (Å²) in [5.41, 5.74) is 2.10. The van der Waals surface area contributed by atoms with E-state index in [0.717, 1.165) is 24.3 Å². The van der Waals surface area contributed by atoms with Gasteiger partial charge in [0.2, 0.25) is 12.3 Å². The quantitative estimate of drug-likeness (QED) is 0.884. The molecule has 1 aliphatic rings. The zero-order valence-corrected chi connectivity index (χ0v) is 10.8. The van der Waals surface area contributed by atoms with Gasteiger partial charge in [0.15, 0.2) is 0 Å². The van der Waals surface area contributed by atoms with E-state index in [1.807, 2.05) is 12.1 Å². The highest BCUT2D eigenvalue weighted by molar-refractivity contribution is 5.58. The molecule has 3 rings (SSSR count). The molecular weight excluding hydrogens is 240 g/mol. The summed E-state index contributed by atoms with van der Waals surface area (Å²) < 4.78 is 5.18. The summed E-state index contributed by atoms with van der Waals surface area (Å²) in [5, 5.41) is 14.6. The Balaban J connectivity index is 1.65. The van der Waals surface area contributed by atoms with Crippen LogP contribution >= 0.6 is 0 Å². The number of anilines is 1. The highest BCUT2D eigenvalue weighted by atomic mass is 16.4. The molecule has 0 aliphatic carbocycles. The zero-order chi connectivity index (χ0) is 12.9. The molecule has 0 amide bonds. The van der Waals surface area contributed by atoms with Gasteiger partial charge in [0.05, 0.1) is 0 Å². The van der Waals surface area contributed by atoms with Crippen LogP contribution in [-0.4, -0.2) is 29.3 Å². The van der Waals surface area contributed by atoms with Crippen molar-refractivity contribution in [3.05, 3.63) is 30.7 Å². The number of hydrogen-bond donors (Lipinski definition) is 2. The molecule has 2 heterocycles. The van der Waals surface area contributed by atoms with Crippen LogP contribution in [0, 0.1) is 0 Å². The van der Waals surface area contributed by atoms with Gasteiger partial charge in [0.25, 0.3) is 0 Å². The van der Waals surface area contributed by atoms with E-state index in [-0.39, 0.29) is 0 Å². The average molecular weight is 258 g/mol. The van der Waals surface area contributed by atoms with Gasteiger partial charge in [-0.3, -0.25) is 0 Å². The molecule has 2 N–H and O–H groups in total. The first kappa shape index (κ1) is 12.2. The van der Waals surface area contributed by atoms with Crippen molar-refractivity contribution in [2.45, 2.75) is 25.3 Å². The molecular formula is C14H18N4O. The highest BCUT2D eigenvalue weighted by Gasteiger charge is 2.11. The fourth-order valence-electron chi connectivity index (χ4n) is 2.41. The lowest BCUT2D eigenvalue weighted by atomic mass is 10.1. The molecule has 0 spiro atoms. The Kier molecular flexibility index (Phi) is 3.74. The third-order valence-electron chi connectivity index (χ3n) is 3.44. The van der Waals surface area contributed by atoms with Crippen molar-refractivity contribution < 1.29 is 4.42 Å². The molecule has 19 heavy (non-hydrogen) atoms. The van der Waals surface area contributed by atoms with Crippen LogP contribution in [0.3, 0.4) is 0 Å². The minimum Gasteiger partial charge on any atom is -0.423 e. The summed E-state index contributed by atoms with van der Waals surface area (Å²) >= 11 is 0. The lowest BCUT2D eigenvalue weighted by molar-refractivity contribution is 0.568. The number of nitrogens with zero attached hydrogens (tertiary/aromatic N) is 2. The van der Waals surface area contributed by atoms with Gasteiger partial charge in [0, 0.05) is 17.3 Å². The average Bonchev–Trinajstić information content (AvgIpc) is 2.86. The Morgan fingerprint density at radius 2 is 2.05 bits per heavy atom. The molecule has 1 unspecified atom stereocenters. The van der Waals surface area contributed by atoms with Crippen LogP contribution in [0.25, 0.3) is 11.5 Å². The van der Waals surface area contributed by atoms with Crippen molar-refractivity contribution in [2.75, 3.05) is 18.4 Å². The van der Waals surface area contributed by atoms with E-state index in [0.29, 0.717) is 11.9 Å². The van der Waals surface area contributed by atoms with Crippen LogP contribution in [0.5, 0.6) is 0 Å². The molecule has 1 aliphatic heterocycles. The van der Waals surface area contributed by atoms with Gasteiger partial charge in [-0.1, -0.05) is 0 Å². The van der Waals surface area contributed by atoms with Gasteiger partial charge in [-0.2, -0.15) is 0 Å². The summed E-state index contributed by atoms with van der Waals surface area (Å²) in [4.78, 5) is 0. The van der Waals surface area contributed by atoms with Gasteiger partial charge >= 0.3 is 0 Å². The van der Waals surface area contributed by atoms with Gasteiger partial charge in [0.1, 0.15) is 0 Å². The number of rotatable bonds is 3. The Hall–Kier alpha value is -1.88. The van der Waals surface area contributed by atoms with Crippen molar-refractivity contribution in [3.8, 4) is 11.5 Å². The zero-order valence-electron chi connectivity index (χ0n) is 10.8. The first-order valence-corrected chi connectivity index (χ1v) is 6.76. The second kappa shape index (κ2) is 5.84. The fraction of sp³-hybridized carbons (Fsp3) is 0.429. The second-order valence-electron chi connectivity index (χ2n) is 4.84. The van der Waals surface area contributed by atoms with Crippen LogP contribution in [0.4, 0.5) is 5.69 Å². The van der Waals surface area contributed by atoms with Crippen molar-refractivity contribution >= 4 is 5.69 Å². The Morgan fingerprint density at radius 3 is 2.84 bits per heavy atom. The predicted molar refractivity (Wildman–Crippen MR) is 73.9 cm³/mol. The first-order valence-electron chi connectivity index (χ1n) is 6.76. The first-order chi connectivity index (χ1) is 9.42. The maximum atomic E-state index is 5.18. The minimum atomic E-state index is 0.559. The molecule has 5 nitrogen and oxygen atoms in total. The van der Waals surface area contributed by atoms with Crippen molar-refractivity contribution in [2.24, 2.45) is 0 Å². The standard InChI is InChI=1S/C14H18N4O/c1-2-12(7-9-15-8-1)17-13-5-3-11(4-6-13)14-18-16-10-19-14/h3-6,10,12,15,17H,1-2,7-9H2. The van der Waals surface area contributed by atoms with Gasteiger partial charge in [-0.25, -0.2) is 0 Å². The van der Waals surface area contributed by atoms with E-state index < -0.39 is 0 Å². The number of benzene rings is 1. The Morgan fingerprint density at radius 1 is 1.16 bits per heavy atom. The maximum Gasteiger partial charge on any atom is 0.247 e. The maximum absolute atomic E-state index is 5.18. The van der Waals surface area contributed by atoms with Crippen LogP contribution in [0.2, 0.25) is 0 Å². The van der Waals surface area contributed by atoms with E-state index in [1.165, 1.54) is 25.7 Å². The van der Waals surface area contributed by atoms with Gasteiger partial charge in [-0.15, -0.1) is 10.2 Å². The molecule has 2 aromatic rings. The molecule has 1 atom stereocenters. The van der Waals surface area contributed by atoms with E-state index >= 15 is 0 Å². The largest absolute Gasteiger partial charge is 0.423 e. The van der Waals surface area contributed by atoms with Gasteiger partial charge < -0.3 is 15.1 Å². The normalized spacial score (nSPS) is 19.9. The molecule has 1 saturated heterocycles. The van der Waals surface area contributed by atoms with E-state index in [9.17, 15) is 0 Å². The van der Waals surface area contributed by atoms with E-state index in [1.54, 1.807) is 0 Å². The predicted octanol–water partition coefficient (Wildman–Crippen LogP) is 2.29.